The van der Waals surface area contributed by atoms with Crippen LogP contribution in [0.4, 0.5) is 0 Å². The Balaban J connectivity index is 1.68. The molecule has 178 valence electrons. The van der Waals surface area contributed by atoms with Crippen LogP contribution in [0.5, 0.6) is 0 Å². The molecule has 2 saturated carbocycles. The summed E-state index contributed by atoms with van der Waals surface area (Å²) in [6.45, 7) is 5.65. The van der Waals surface area contributed by atoms with E-state index in [9.17, 15) is 24.9 Å². The highest BCUT2D eigenvalue weighted by atomic mass is 16.6. The highest BCUT2D eigenvalue weighted by Gasteiger charge is 2.68. The molecule has 1 aliphatic heterocycles. The number of esters is 1. The number of ketones is 1. The minimum Gasteiger partial charge on any atom is -0.455 e. The number of benzene rings is 1. The fraction of sp³-hybridized carbons (Fsp3) is 0.615. The van der Waals surface area contributed by atoms with Gasteiger partial charge < -0.3 is 24.8 Å². The standard InChI is InChI=1S/C26H32O7/c1-13-9-10-26(31)14(2)19(13)21(28)22(29)25(3)18(27)11-17-16(12-32-17)20(25)23(26)33-24(30)15-7-5-4-6-8-15/h4-8,14,16-18,20-21,23,27-28,31H,9-12H2,1-3H3/t14-,16-,17-,18+,20+,21-,23+,25-,26+/m1/s1. The van der Waals surface area contributed by atoms with E-state index in [1.165, 1.54) is 0 Å². The first-order valence-corrected chi connectivity index (χ1v) is 11.8. The normalized spacial score (nSPS) is 44.7. The van der Waals surface area contributed by atoms with Crippen LogP contribution in [0.15, 0.2) is 41.5 Å². The third kappa shape index (κ3) is 3.09. The molecule has 0 aromatic heterocycles. The average Bonchev–Trinajstić information content (AvgIpc) is 2.79. The molecule has 1 heterocycles. The van der Waals surface area contributed by atoms with Gasteiger partial charge >= 0.3 is 5.97 Å². The summed E-state index contributed by atoms with van der Waals surface area (Å²) in [5.41, 5.74) is -1.20. The van der Waals surface area contributed by atoms with Crippen LogP contribution < -0.4 is 0 Å². The molecule has 0 unspecified atom stereocenters. The molecule has 0 radical (unpaired) electrons. The van der Waals surface area contributed by atoms with Gasteiger partial charge in [-0.2, -0.15) is 0 Å². The van der Waals surface area contributed by atoms with Crippen molar-refractivity contribution in [3.63, 3.8) is 0 Å². The number of hydrogen-bond acceptors (Lipinski definition) is 7. The van der Waals surface area contributed by atoms with E-state index in [1.54, 1.807) is 44.2 Å². The van der Waals surface area contributed by atoms with Gasteiger partial charge in [-0.3, -0.25) is 4.79 Å². The molecule has 1 saturated heterocycles. The Bertz CT molecular complexity index is 1000. The van der Waals surface area contributed by atoms with Gasteiger partial charge in [0, 0.05) is 24.2 Å². The lowest BCUT2D eigenvalue weighted by molar-refractivity contribution is -0.266. The van der Waals surface area contributed by atoms with Gasteiger partial charge in [-0.25, -0.2) is 4.79 Å². The van der Waals surface area contributed by atoms with Crippen molar-refractivity contribution in [1.82, 2.24) is 0 Å². The van der Waals surface area contributed by atoms with Gasteiger partial charge in [-0.15, -0.1) is 0 Å². The zero-order chi connectivity index (χ0) is 23.7. The van der Waals surface area contributed by atoms with E-state index in [4.69, 9.17) is 9.47 Å². The molecule has 3 N–H and O–H groups in total. The minimum absolute atomic E-state index is 0.173. The van der Waals surface area contributed by atoms with Crippen LogP contribution in [-0.4, -0.2) is 63.7 Å². The van der Waals surface area contributed by atoms with Gasteiger partial charge in [0.2, 0.25) is 0 Å². The van der Waals surface area contributed by atoms with Crippen molar-refractivity contribution in [3.05, 3.63) is 47.0 Å². The molecule has 1 aromatic carbocycles. The maximum atomic E-state index is 13.8. The molecule has 3 fully saturated rings. The molecule has 0 amide bonds. The number of aliphatic hydroxyl groups is 3. The first-order valence-electron chi connectivity index (χ1n) is 11.8. The Morgan fingerprint density at radius 3 is 2.55 bits per heavy atom. The smallest absolute Gasteiger partial charge is 0.338 e. The second-order valence-electron chi connectivity index (χ2n) is 10.5. The van der Waals surface area contributed by atoms with Gasteiger partial charge in [0.05, 0.1) is 29.8 Å². The van der Waals surface area contributed by atoms with Crippen molar-refractivity contribution < 1.29 is 34.4 Å². The molecule has 4 aliphatic rings. The summed E-state index contributed by atoms with van der Waals surface area (Å²) in [4.78, 5) is 27.1. The molecule has 9 atom stereocenters. The van der Waals surface area contributed by atoms with Gasteiger partial charge in [-0.05, 0) is 44.4 Å². The van der Waals surface area contributed by atoms with E-state index < -0.39 is 52.9 Å². The Labute approximate surface area is 193 Å². The third-order valence-corrected chi connectivity index (χ3v) is 9.03. The first-order chi connectivity index (χ1) is 15.6. The lowest BCUT2D eigenvalue weighted by Crippen LogP contribution is -2.72. The molecular weight excluding hydrogens is 424 g/mol. The van der Waals surface area contributed by atoms with E-state index in [2.05, 4.69) is 0 Å². The molecule has 0 spiro atoms. The fourth-order valence-electron chi connectivity index (χ4n) is 6.85. The zero-order valence-electron chi connectivity index (χ0n) is 19.2. The largest absolute Gasteiger partial charge is 0.455 e. The average molecular weight is 457 g/mol. The molecule has 7 nitrogen and oxygen atoms in total. The number of aliphatic hydroxyl groups excluding tert-OH is 2. The summed E-state index contributed by atoms with van der Waals surface area (Å²) in [5, 5.41) is 34.6. The fourth-order valence-corrected chi connectivity index (χ4v) is 6.85. The van der Waals surface area contributed by atoms with Crippen LogP contribution in [0.3, 0.4) is 0 Å². The van der Waals surface area contributed by atoms with Crippen molar-refractivity contribution in [1.29, 1.82) is 0 Å². The Hall–Kier alpha value is -2.06. The number of fused-ring (bicyclic) bond motifs is 5. The summed E-state index contributed by atoms with van der Waals surface area (Å²) in [6.07, 6.45) is -2.76. The van der Waals surface area contributed by atoms with E-state index in [0.717, 1.165) is 5.57 Å². The summed E-state index contributed by atoms with van der Waals surface area (Å²) in [5.74, 6) is -2.52. The number of rotatable bonds is 2. The van der Waals surface area contributed by atoms with Crippen LogP contribution in [0, 0.1) is 23.2 Å². The SMILES string of the molecule is CC1=C2[C@@H](O)C(=O)[C@@]3(C)[C@@H]([C@@H]4CO[C@@H]4C[C@@H]3O)[C@H](OC(=O)c3ccccc3)[C@](O)(CC1)[C@@H]2C. The van der Waals surface area contributed by atoms with Crippen molar-refractivity contribution in [2.45, 2.75) is 70.1 Å². The highest BCUT2D eigenvalue weighted by Crippen LogP contribution is 2.58. The van der Waals surface area contributed by atoms with Crippen molar-refractivity contribution in [2.24, 2.45) is 23.2 Å². The predicted octanol–water partition coefficient (Wildman–Crippen LogP) is 2.04. The summed E-state index contributed by atoms with van der Waals surface area (Å²) >= 11 is 0. The topological polar surface area (TPSA) is 113 Å². The van der Waals surface area contributed by atoms with Gasteiger partial charge in [0.15, 0.2) is 5.78 Å². The molecule has 7 heteroatoms. The maximum Gasteiger partial charge on any atom is 0.338 e. The van der Waals surface area contributed by atoms with Crippen LogP contribution >= 0.6 is 0 Å². The predicted molar refractivity (Wildman–Crippen MR) is 118 cm³/mol. The quantitative estimate of drug-likeness (QED) is 0.461. The molecule has 33 heavy (non-hydrogen) atoms. The van der Waals surface area contributed by atoms with Crippen LogP contribution in [-0.2, 0) is 14.3 Å². The highest BCUT2D eigenvalue weighted by molar-refractivity contribution is 5.93. The summed E-state index contributed by atoms with van der Waals surface area (Å²) in [6, 6.07) is 8.57. The van der Waals surface area contributed by atoms with Crippen molar-refractivity contribution in [3.8, 4) is 0 Å². The van der Waals surface area contributed by atoms with Gasteiger partial charge in [-0.1, -0.05) is 30.7 Å². The van der Waals surface area contributed by atoms with E-state index in [0.29, 0.717) is 30.6 Å². The molecule has 1 aromatic rings. The number of hydrogen-bond donors (Lipinski definition) is 3. The second-order valence-corrected chi connectivity index (χ2v) is 10.5. The molecule has 2 bridgehead atoms. The van der Waals surface area contributed by atoms with Crippen LogP contribution in [0.2, 0.25) is 0 Å². The number of allylic oxidation sites excluding steroid dienone is 1. The zero-order valence-corrected chi connectivity index (χ0v) is 19.2. The summed E-state index contributed by atoms with van der Waals surface area (Å²) < 4.78 is 11.8. The number of ether oxygens (including phenoxy) is 2. The Kier molecular flexibility index (Phi) is 5.32. The van der Waals surface area contributed by atoms with E-state index >= 15 is 0 Å². The minimum atomic E-state index is -1.50. The molecule has 3 aliphatic carbocycles. The number of carbonyl (C=O) groups excluding carboxylic acids is 2. The Morgan fingerprint density at radius 1 is 1.21 bits per heavy atom. The maximum absolute atomic E-state index is 13.8. The first kappa shape index (κ1) is 22.7. The van der Waals surface area contributed by atoms with Gasteiger partial charge in [0.25, 0.3) is 0 Å². The Morgan fingerprint density at radius 2 is 1.91 bits per heavy atom. The number of carbonyl (C=O) groups is 2. The monoisotopic (exact) mass is 456 g/mol. The lowest BCUT2D eigenvalue weighted by Gasteiger charge is -2.62. The summed E-state index contributed by atoms with van der Waals surface area (Å²) in [7, 11) is 0. The number of Topliss-reactive ketones (excluding diaryl/α,β-unsaturated/α-hetero) is 1. The van der Waals surface area contributed by atoms with Crippen molar-refractivity contribution in [2.75, 3.05) is 6.61 Å². The third-order valence-electron chi connectivity index (χ3n) is 9.03. The molecular formula is C26H32O7. The van der Waals surface area contributed by atoms with E-state index in [1.807, 2.05) is 6.92 Å². The van der Waals surface area contributed by atoms with Crippen LogP contribution in [0.1, 0.15) is 50.4 Å². The van der Waals surface area contributed by atoms with Crippen molar-refractivity contribution >= 4 is 11.8 Å². The second kappa shape index (κ2) is 7.73. The lowest BCUT2D eigenvalue weighted by atomic mass is 9.49. The van der Waals surface area contributed by atoms with E-state index in [-0.39, 0.29) is 18.4 Å². The van der Waals surface area contributed by atoms with Crippen LogP contribution in [0.25, 0.3) is 0 Å². The van der Waals surface area contributed by atoms with Gasteiger partial charge in [0.1, 0.15) is 17.8 Å². The molecule has 5 rings (SSSR count).